The van der Waals surface area contributed by atoms with E-state index >= 15 is 0 Å². The summed E-state index contributed by atoms with van der Waals surface area (Å²) in [5.41, 5.74) is 0.00403. The van der Waals surface area contributed by atoms with Crippen molar-refractivity contribution in [1.29, 1.82) is 0 Å². The first kappa shape index (κ1) is 17.9. The average molecular weight is 323 g/mol. The van der Waals surface area contributed by atoms with Gasteiger partial charge >= 0.3 is 0 Å². The van der Waals surface area contributed by atoms with Crippen LogP contribution in [0.5, 0.6) is 0 Å². The average Bonchev–Trinajstić information content (AvgIpc) is 2.58. The van der Waals surface area contributed by atoms with E-state index in [0.29, 0.717) is 58.4 Å². The molecule has 1 aromatic rings. The second-order valence-corrected chi connectivity index (χ2v) is 5.71. The van der Waals surface area contributed by atoms with Gasteiger partial charge in [-0.2, -0.15) is 0 Å². The van der Waals surface area contributed by atoms with E-state index in [-0.39, 0.29) is 5.91 Å². The quantitative estimate of drug-likeness (QED) is 0.887. The molecule has 1 amide bonds. The molecule has 1 aromatic carbocycles. The highest BCUT2D eigenvalue weighted by atomic mass is 16.6. The highest BCUT2D eigenvalue weighted by Crippen LogP contribution is 2.09. The predicted octanol–water partition coefficient (Wildman–Crippen LogP) is 1.26. The van der Waals surface area contributed by atoms with Crippen molar-refractivity contribution in [1.82, 2.24) is 5.32 Å². The Hall–Kier alpha value is -1.47. The summed E-state index contributed by atoms with van der Waals surface area (Å²) in [6.45, 7) is 5.67. The third-order valence-corrected chi connectivity index (χ3v) is 3.41. The second kappa shape index (κ2) is 9.62. The van der Waals surface area contributed by atoms with E-state index < -0.39 is 5.54 Å². The molecule has 1 fully saturated rings. The summed E-state index contributed by atoms with van der Waals surface area (Å²) in [4.78, 5) is 12.4. The van der Waals surface area contributed by atoms with Gasteiger partial charge in [-0.3, -0.25) is 4.79 Å². The van der Waals surface area contributed by atoms with Crippen molar-refractivity contribution in [3.05, 3.63) is 35.9 Å². The monoisotopic (exact) mass is 323 g/mol. The maximum Gasteiger partial charge on any atom is 0.251 e. The molecule has 1 N–H and O–H groups in total. The van der Waals surface area contributed by atoms with Crippen LogP contribution >= 0.6 is 0 Å². The van der Waals surface area contributed by atoms with Gasteiger partial charge in [-0.15, -0.1) is 0 Å². The zero-order chi connectivity index (χ0) is 16.4. The summed E-state index contributed by atoms with van der Waals surface area (Å²) in [7, 11) is 0. The van der Waals surface area contributed by atoms with Crippen LogP contribution in [0.2, 0.25) is 0 Å². The van der Waals surface area contributed by atoms with Gasteiger partial charge in [0.05, 0.1) is 58.4 Å². The van der Waals surface area contributed by atoms with Crippen molar-refractivity contribution < 1.29 is 23.7 Å². The lowest BCUT2D eigenvalue weighted by Gasteiger charge is -2.30. The van der Waals surface area contributed by atoms with E-state index in [1.807, 2.05) is 25.1 Å². The van der Waals surface area contributed by atoms with Crippen LogP contribution < -0.4 is 5.32 Å². The molecule has 128 valence electrons. The summed E-state index contributed by atoms with van der Waals surface area (Å²) in [6, 6.07) is 9.11. The zero-order valence-corrected chi connectivity index (χ0v) is 13.6. The molecule has 1 aliphatic rings. The van der Waals surface area contributed by atoms with Crippen LogP contribution in [0.15, 0.2) is 30.3 Å². The maximum absolute atomic E-state index is 12.4. The van der Waals surface area contributed by atoms with Gasteiger partial charge in [-0.1, -0.05) is 18.2 Å². The number of hydrogen-bond acceptors (Lipinski definition) is 5. The first-order chi connectivity index (χ1) is 11.2. The predicted molar refractivity (Wildman–Crippen MR) is 85.6 cm³/mol. The number of nitrogens with one attached hydrogen (secondary N) is 1. The molecule has 2 rings (SSSR count). The number of carbonyl (C=O) groups is 1. The van der Waals surface area contributed by atoms with Crippen LogP contribution in [0.4, 0.5) is 0 Å². The van der Waals surface area contributed by atoms with Crippen molar-refractivity contribution >= 4 is 5.91 Å². The van der Waals surface area contributed by atoms with Gasteiger partial charge in [-0.25, -0.2) is 0 Å². The Balaban J connectivity index is 1.94. The van der Waals surface area contributed by atoms with Crippen LogP contribution in [-0.2, 0) is 18.9 Å². The normalized spacial score (nSPS) is 20.6. The molecule has 6 nitrogen and oxygen atoms in total. The number of amides is 1. The molecule has 0 saturated carbocycles. The van der Waals surface area contributed by atoms with Crippen molar-refractivity contribution in [2.45, 2.75) is 12.5 Å². The third-order valence-electron chi connectivity index (χ3n) is 3.41. The van der Waals surface area contributed by atoms with Gasteiger partial charge in [0, 0.05) is 5.56 Å². The van der Waals surface area contributed by atoms with E-state index in [2.05, 4.69) is 5.32 Å². The van der Waals surface area contributed by atoms with Gasteiger partial charge in [0.25, 0.3) is 5.91 Å². The largest absolute Gasteiger partial charge is 0.377 e. The first-order valence-corrected chi connectivity index (χ1v) is 7.88. The third kappa shape index (κ3) is 6.66. The molecule has 0 unspecified atom stereocenters. The lowest BCUT2D eigenvalue weighted by molar-refractivity contribution is -0.00292. The fraction of sp³-hybridized carbons (Fsp3) is 0.588. The van der Waals surface area contributed by atoms with Crippen molar-refractivity contribution in [3.63, 3.8) is 0 Å². The lowest BCUT2D eigenvalue weighted by atomic mass is 10.0. The smallest absolute Gasteiger partial charge is 0.251 e. The van der Waals surface area contributed by atoms with Gasteiger partial charge < -0.3 is 24.3 Å². The standard InChI is InChI=1S/C17H25NO5/c1-17(18-16(19)15-5-3-2-4-6-15)13-22-11-9-20-7-8-21-10-12-23-14-17/h2-6H,7-14H2,1H3,(H,18,19). The van der Waals surface area contributed by atoms with E-state index in [1.54, 1.807) is 12.1 Å². The van der Waals surface area contributed by atoms with Crippen LogP contribution in [0, 0.1) is 0 Å². The van der Waals surface area contributed by atoms with E-state index in [0.717, 1.165) is 0 Å². The molecule has 0 aliphatic carbocycles. The van der Waals surface area contributed by atoms with Gasteiger partial charge in [-0.05, 0) is 19.1 Å². The Kier molecular flexibility index (Phi) is 7.48. The molecule has 1 aliphatic heterocycles. The van der Waals surface area contributed by atoms with Crippen LogP contribution in [-0.4, -0.2) is 64.3 Å². The number of ether oxygens (including phenoxy) is 4. The molecular weight excluding hydrogens is 298 g/mol. The lowest BCUT2D eigenvalue weighted by Crippen LogP contribution is -2.53. The molecule has 0 aromatic heterocycles. The molecule has 0 radical (unpaired) electrons. The Morgan fingerprint density at radius 3 is 1.87 bits per heavy atom. The molecule has 6 heteroatoms. The molecule has 0 atom stereocenters. The molecule has 0 spiro atoms. The number of benzene rings is 1. The fourth-order valence-corrected chi connectivity index (χ4v) is 2.20. The summed E-state index contributed by atoms with van der Waals surface area (Å²) in [6.07, 6.45) is 0. The maximum atomic E-state index is 12.4. The van der Waals surface area contributed by atoms with Gasteiger partial charge in [0.1, 0.15) is 0 Å². The summed E-state index contributed by atoms with van der Waals surface area (Å²) < 4.78 is 22.1. The Morgan fingerprint density at radius 1 is 0.870 bits per heavy atom. The highest BCUT2D eigenvalue weighted by Gasteiger charge is 2.28. The van der Waals surface area contributed by atoms with Crippen LogP contribution in [0.3, 0.4) is 0 Å². The molecule has 0 bridgehead atoms. The van der Waals surface area contributed by atoms with Gasteiger partial charge in [0.15, 0.2) is 0 Å². The topological polar surface area (TPSA) is 66.0 Å². The first-order valence-electron chi connectivity index (χ1n) is 7.88. The molecular formula is C17H25NO5. The second-order valence-electron chi connectivity index (χ2n) is 5.71. The SMILES string of the molecule is CC1(NC(=O)c2ccccc2)COCCOCCOCCOC1. The van der Waals surface area contributed by atoms with Gasteiger partial charge in [0.2, 0.25) is 0 Å². The minimum absolute atomic E-state index is 0.142. The number of carbonyl (C=O) groups excluding carboxylic acids is 1. The summed E-state index contributed by atoms with van der Waals surface area (Å²) in [5, 5.41) is 3.01. The summed E-state index contributed by atoms with van der Waals surface area (Å²) in [5.74, 6) is -0.142. The molecule has 23 heavy (non-hydrogen) atoms. The van der Waals surface area contributed by atoms with Crippen LogP contribution in [0.1, 0.15) is 17.3 Å². The fourth-order valence-electron chi connectivity index (χ4n) is 2.20. The Labute approximate surface area is 137 Å². The van der Waals surface area contributed by atoms with E-state index in [1.165, 1.54) is 0 Å². The van der Waals surface area contributed by atoms with Crippen LogP contribution in [0.25, 0.3) is 0 Å². The zero-order valence-electron chi connectivity index (χ0n) is 13.6. The Bertz CT molecular complexity index is 451. The number of rotatable bonds is 2. The highest BCUT2D eigenvalue weighted by molar-refractivity contribution is 5.94. The molecule has 1 heterocycles. The minimum Gasteiger partial charge on any atom is -0.377 e. The number of hydrogen-bond donors (Lipinski definition) is 1. The summed E-state index contributed by atoms with van der Waals surface area (Å²) >= 11 is 0. The van der Waals surface area contributed by atoms with Crippen molar-refractivity contribution in [3.8, 4) is 0 Å². The Morgan fingerprint density at radius 2 is 1.35 bits per heavy atom. The van der Waals surface area contributed by atoms with E-state index in [9.17, 15) is 4.79 Å². The molecule has 1 saturated heterocycles. The van der Waals surface area contributed by atoms with Crippen molar-refractivity contribution in [2.24, 2.45) is 0 Å². The minimum atomic E-state index is -0.610. The van der Waals surface area contributed by atoms with Crippen molar-refractivity contribution in [2.75, 3.05) is 52.9 Å². The van der Waals surface area contributed by atoms with E-state index in [4.69, 9.17) is 18.9 Å².